The summed E-state index contributed by atoms with van der Waals surface area (Å²) in [5.41, 5.74) is 3.20. The van der Waals surface area contributed by atoms with E-state index in [4.69, 9.17) is 4.74 Å². The number of nitro benzene ring substituents is 1. The first kappa shape index (κ1) is 28.1. The Morgan fingerprint density at radius 3 is 2.23 bits per heavy atom. The van der Waals surface area contributed by atoms with Crippen LogP contribution in [0.25, 0.3) is 0 Å². The van der Waals surface area contributed by atoms with Gasteiger partial charge in [0.1, 0.15) is 11.8 Å². The maximum absolute atomic E-state index is 13.4. The molecule has 1 N–H and O–H groups in total. The van der Waals surface area contributed by atoms with Crippen molar-refractivity contribution in [2.75, 3.05) is 17.7 Å². The Morgan fingerprint density at radius 2 is 1.74 bits per heavy atom. The first-order valence-electron chi connectivity index (χ1n) is 11.5. The number of sulfonamides is 1. The van der Waals surface area contributed by atoms with Crippen molar-refractivity contribution in [1.82, 2.24) is 5.32 Å². The number of nitrogens with one attached hydrogen (secondary N) is 1. The van der Waals surface area contributed by atoms with E-state index < -0.39 is 32.9 Å². The van der Waals surface area contributed by atoms with E-state index in [0.717, 1.165) is 33.0 Å². The summed E-state index contributed by atoms with van der Waals surface area (Å²) in [6.07, 6.45) is 1.17. The van der Waals surface area contributed by atoms with Gasteiger partial charge in [0.05, 0.1) is 30.0 Å². The molecular formula is C25H35N3O6S. The van der Waals surface area contributed by atoms with E-state index in [1.165, 1.54) is 18.2 Å². The third kappa shape index (κ3) is 6.30. The van der Waals surface area contributed by atoms with Crippen LogP contribution in [0, 0.1) is 24.0 Å². The average Bonchev–Trinajstić information content (AvgIpc) is 2.76. The number of nitrogens with zero attached hydrogens (tertiary/aromatic N) is 2. The molecule has 0 saturated heterocycles. The topological polar surface area (TPSA) is 119 Å². The third-order valence-electron chi connectivity index (χ3n) is 6.04. The molecule has 10 heteroatoms. The second-order valence-corrected chi connectivity index (χ2v) is 10.9. The first-order chi connectivity index (χ1) is 16.2. The Kier molecular flexibility index (Phi) is 8.89. The summed E-state index contributed by atoms with van der Waals surface area (Å²) in [5.74, 6) is 0.487. The summed E-state index contributed by atoms with van der Waals surface area (Å²) < 4.78 is 32.2. The van der Waals surface area contributed by atoms with Crippen LogP contribution in [0.5, 0.6) is 5.75 Å². The SMILES string of the molecule is CC[C@H](C(=O)N[C@H](C)c1cc(C(C)C)c(OC)cc1C)N(c1cc([N+](=O)[O-])ccc1C)S(C)(=O)=O. The second kappa shape index (κ2) is 11.1. The van der Waals surface area contributed by atoms with Gasteiger partial charge < -0.3 is 10.1 Å². The number of hydrogen-bond donors (Lipinski definition) is 1. The predicted molar refractivity (Wildman–Crippen MR) is 138 cm³/mol. The summed E-state index contributed by atoms with van der Waals surface area (Å²) in [5, 5.41) is 14.3. The number of rotatable bonds is 10. The lowest BCUT2D eigenvalue weighted by atomic mass is 9.93. The standard InChI is InChI=1S/C25H35N3O6S/c1-9-22(27(35(8,32)33)23-13-19(28(30)31)11-10-16(23)4)25(29)26-18(6)21-14-20(15(2)3)24(34-7)12-17(21)5/h10-15,18,22H,9H2,1-8H3,(H,26,29)/t18-,22-/m1/s1. The number of aryl methyl sites for hydroxylation is 2. The Balaban J connectivity index is 2.48. The summed E-state index contributed by atoms with van der Waals surface area (Å²) in [6, 6.07) is 6.42. The lowest BCUT2D eigenvalue weighted by Gasteiger charge is -2.32. The number of carbonyl (C=O) groups excluding carboxylic acids is 1. The number of hydrogen-bond acceptors (Lipinski definition) is 6. The zero-order valence-corrected chi connectivity index (χ0v) is 22.4. The van der Waals surface area contributed by atoms with Gasteiger partial charge >= 0.3 is 0 Å². The van der Waals surface area contributed by atoms with Gasteiger partial charge in [0.2, 0.25) is 15.9 Å². The summed E-state index contributed by atoms with van der Waals surface area (Å²) >= 11 is 0. The lowest BCUT2D eigenvalue weighted by Crippen LogP contribution is -2.50. The van der Waals surface area contributed by atoms with Crippen molar-refractivity contribution in [3.05, 3.63) is 62.7 Å². The van der Waals surface area contributed by atoms with E-state index in [1.807, 2.05) is 26.0 Å². The van der Waals surface area contributed by atoms with Gasteiger partial charge in [0.25, 0.3) is 5.69 Å². The highest BCUT2D eigenvalue weighted by Crippen LogP contribution is 2.33. The highest BCUT2D eigenvalue weighted by atomic mass is 32.2. The molecule has 0 radical (unpaired) electrons. The van der Waals surface area contributed by atoms with Crippen molar-refractivity contribution in [2.45, 2.75) is 66.0 Å². The number of anilines is 1. The molecule has 0 bridgehead atoms. The minimum Gasteiger partial charge on any atom is -0.496 e. The molecule has 0 aromatic heterocycles. The van der Waals surface area contributed by atoms with Crippen LogP contribution in [0.15, 0.2) is 30.3 Å². The van der Waals surface area contributed by atoms with Crippen LogP contribution < -0.4 is 14.4 Å². The van der Waals surface area contributed by atoms with Gasteiger partial charge in [0, 0.05) is 12.1 Å². The molecule has 2 aromatic rings. The molecular weight excluding hydrogens is 470 g/mol. The molecule has 0 saturated carbocycles. The Labute approximate surface area is 207 Å². The minimum atomic E-state index is -3.94. The summed E-state index contributed by atoms with van der Waals surface area (Å²) in [4.78, 5) is 24.1. The molecule has 0 fully saturated rings. The van der Waals surface area contributed by atoms with Crippen molar-refractivity contribution in [2.24, 2.45) is 0 Å². The van der Waals surface area contributed by atoms with Crippen molar-refractivity contribution >= 4 is 27.3 Å². The van der Waals surface area contributed by atoms with Gasteiger partial charge in [-0.2, -0.15) is 0 Å². The molecule has 0 aliphatic carbocycles. The highest BCUT2D eigenvalue weighted by molar-refractivity contribution is 7.92. The molecule has 1 amide bonds. The monoisotopic (exact) mass is 505 g/mol. The number of ether oxygens (including phenoxy) is 1. The maximum Gasteiger partial charge on any atom is 0.271 e. The zero-order valence-electron chi connectivity index (χ0n) is 21.6. The van der Waals surface area contributed by atoms with Gasteiger partial charge in [-0.15, -0.1) is 0 Å². The van der Waals surface area contributed by atoms with E-state index in [9.17, 15) is 23.3 Å². The van der Waals surface area contributed by atoms with Gasteiger partial charge in [0.15, 0.2) is 0 Å². The molecule has 2 rings (SSSR count). The highest BCUT2D eigenvalue weighted by Gasteiger charge is 2.34. The van der Waals surface area contributed by atoms with Crippen LogP contribution in [0.1, 0.15) is 68.3 Å². The Bertz CT molecular complexity index is 1210. The summed E-state index contributed by atoms with van der Waals surface area (Å²) in [7, 11) is -2.32. The Morgan fingerprint density at radius 1 is 1.11 bits per heavy atom. The molecule has 192 valence electrons. The number of benzene rings is 2. The van der Waals surface area contributed by atoms with Gasteiger partial charge in [-0.1, -0.05) is 26.8 Å². The average molecular weight is 506 g/mol. The molecule has 2 atom stereocenters. The van der Waals surface area contributed by atoms with E-state index >= 15 is 0 Å². The van der Waals surface area contributed by atoms with Gasteiger partial charge in [-0.25, -0.2) is 8.42 Å². The summed E-state index contributed by atoms with van der Waals surface area (Å²) in [6.45, 7) is 11.2. The van der Waals surface area contributed by atoms with Crippen LogP contribution in [0.3, 0.4) is 0 Å². The molecule has 0 heterocycles. The lowest BCUT2D eigenvalue weighted by molar-refractivity contribution is -0.384. The fourth-order valence-corrected chi connectivity index (χ4v) is 5.44. The maximum atomic E-state index is 13.4. The van der Waals surface area contributed by atoms with Crippen molar-refractivity contribution in [3.8, 4) is 5.75 Å². The number of non-ortho nitro benzene ring substituents is 1. The van der Waals surface area contributed by atoms with E-state index in [0.29, 0.717) is 5.56 Å². The molecule has 35 heavy (non-hydrogen) atoms. The fourth-order valence-electron chi connectivity index (χ4n) is 4.18. The van der Waals surface area contributed by atoms with Gasteiger partial charge in [-0.05, 0) is 67.5 Å². The molecule has 0 unspecified atom stereocenters. The first-order valence-corrected chi connectivity index (χ1v) is 13.3. The van der Waals surface area contributed by atoms with Gasteiger partial charge in [-0.3, -0.25) is 19.2 Å². The van der Waals surface area contributed by atoms with Crippen LogP contribution in [0.4, 0.5) is 11.4 Å². The molecule has 0 aliphatic rings. The molecule has 9 nitrogen and oxygen atoms in total. The van der Waals surface area contributed by atoms with E-state index in [1.54, 1.807) is 21.0 Å². The van der Waals surface area contributed by atoms with E-state index in [2.05, 4.69) is 19.2 Å². The predicted octanol–water partition coefficient (Wildman–Crippen LogP) is 4.77. The van der Waals surface area contributed by atoms with E-state index in [-0.39, 0.29) is 23.7 Å². The number of amides is 1. The quantitative estimate of drug-likeness (QED) is 0.367. The Hall–Kier alpha value is -3.14. The number of methoxy groups -OCH3 is 1. The van der Waals surface area contributed by atoms with Crippen molar-refractivity contribution < 1.29 is 22.9 Å². The normalized spacial score (nSPS) is 13.3. The van der Waals surface area contributed by atoms with Crippen LogP contribution in [0.2, 0.25) is 0 Å². The van der Waals surface area contributed by atoms with Crippen LogP contribution in [-0.4, -0.2) is 38.7 Å². The smallest absolute Gasteiger partial charge is 0.271 e. The van der Waals surface area contributed by atoms with Crippen molar-refractivity contribution in [3.63, 3.8) is 0 Å². The zero-order chi connectivity index (χ0) is 26.7. The largest absolute Gasteiger partial charge is 0.496 e. The minimum absolute atomic E-state index is 0.110. The fraction of sp³-hybridized carbons (Fsp3) is 0.480. The number of nitro groups is 1. The van der Waals surface area contributed by atoms with Crippen LogP contribution in [-0.2, 0) is 14.8 Å². The molecule has 0 spiro atoms. The van der Waals surface area contributed by atoms with Crippen molar-refractivity contribution in [1.29, 1.82) is 0 Å². The van der Waals surface area contributed by atoms with Crippen LogP contribution >= 0.6 is 0 Å². The third-order valence-corrected chi connectivity index (χ3v) is 7.20. The second-order valence-electron chi connectivity index (χ2n) is 9.05. The molecule has 2 aromatic carbocycles. The number of carbonyl (C=O) groups is 1. The molecule has 0 aliphatic heterocycles.